The highest BCUT2D eigenvalue weighted by molar-refractivity contribution is 7.98. The van der Waals surface area contributed by atoms with E-state index in [0.717, 1.165) is 11.3 Å². The van der Waals surface area contributed by atoms with Crippen LogP contribution in [0.15, 0.2) is 30.3 Å². The molecule has 5 nitrogen and oxygen atoms in total. The van der Waals surface area contributed by atoms with Crippen LogP contribution in [0.25, 0.3) is 0 Å². The van der Waals surface area contributed by atoms with Crippen LogP contribution in [0.2, 0.25) is 0 Å². The number of thioether (sulfide) groups is 1. The van der Waals surface area contributed by atoms with Crippen LogP contribution in [0.3, 0.4) is 0 Å². The molecular formula is C15H21N3O2S. The van der Waals surface area contributed by atoms with Crippen molar-refractivity contribution in [1.82, 2.24) is 15.5 Å². The first-order valence-corrected chi connectivity index (χ1v) is 8.47. The van der Waals surface area contributed by atoms with E-state index in [1.54, 1.807) is 16.7 Å². The van der Waals surface area contributed by atoms with Crippen molar-refractivity contribution in [3.05, 3.63) is 35.9 Å². The summed E-state index contributed by atoms with van der Waals surface area (Å²) in [4.78, 5) is 25.8. The number of rotatable bonds is 7. The predicted molar refractivity (Wildman–Crippen MR) is 85.2 cm³/mol. The molecule has 0 aromatic heterocycles. The number of carbonyl (C=O) groups excluding carboxylic acids is 2. The van der Waals surface area contributed by atoms with Crippen LogP contribution < -0.4 is 10.6 Å². The SMILES string of the molecule is CSCCC(C(=O)NCc1ccccc1)N1CCNC1=O. The van der Waals surface area contributed by atoms with Crippen LogP contribution in [-0.4, -0.2) is 48.0 Å². The lowest BCUT2D eigenvalue weighted by Gasteiger charge is -2.25. The Hall–Kier alpha value is -1.69. The quantitative estimate of drug-likeness (QED) is 0.801. The standard InChI is InChI=1S/C15H21N3O2S/c1-21-10-7-13(18-9-8-16-15(18)20)14(19)17-11-12-5-3-2-4-6-12/h2-6,13H,7-11H2,1H3,(H,16,20)(H,17,19). The largest absolute Gasteiger partial charge is 0.350 e. The van der Waals surface area contributed by atoms with Gasteiger partial charge in [-0.15, -0.1) is 0 Å². The third-order valence-electron chi connectivity index (χ3n) is 3.47. The van der Waals surface area contributed by atoms with E-state index in [1.165, 1.54) is 0 Å². The summed E-state index contributed by atoms with van der Waals surface area (Å²) in [6, 6.07) is 9.25. The molecule has 2 rings (SSSR count). The molecule has 1 unspecified atom stereocenters. The smallest absolute Gasteiger partial charge is 0.318 e. The third-order valence-corrected chi connectivity index (χ3v) is 4.12. The Labute approximate surface area is 129 Å². The van der Waals surface area contributed by atoms with Crippen LogP contribution in [0.5, 0.6) is 0 Å². The Kier molecular flexibility index (Phi) is 5.92. The summed E-state index contributed by atoms with van der Waals surface area (Å²) >= 11 is 1.68. The number of amides is 3. The zero-order valence-corrected chi connectivity index (χ0v) is 13.0. The molecule has 0 radical (unpaired) electrons. The Balaban J connectivity index is 1.95. The number of hydrogen-bond donors (Lipinski definition) is 2. The second kappa shape index (κ2) is 7.93. The number of carbonyl (C=O) groups is 2. The highest BCUT2D eigenvalue weighted by Gasteiger charge is 2.32. The molecular weight excluding hydrogens is 286 g/mol. The van der Waals surface area contributed by atoms with Gasteiger partial charge in [-0.1, -0.05) is 30.3 Å². The minimum Gasteiger partial charge on any atom is -0.350 e. The Bertz CT molecular complexity index is 481. The van der Waals surface area contributed by atoms with Gasteiger partial charge in [-0.3, -0.25) is 4.79 Å². The van der Waals surface area contributed by atoms with Gasteiger partial charge in [-0.2, -0.15) is 11.8 Å². The van der Waals surface area contributed by atoms with Crippen LogP contribution in [0.4, 0.5) is 4.79 Å². The molecule has 1 heterocycles. The molecule has 0 saturated carbocycles. The first-order valence-electron chi connectivity index (χ1n) is 7.07. The van der Waals surface area contributed by atoms with E-state index >= 15 is 0 Å². The van der Waals surface area contributed by atoms with Gasteiger partial charge in [-0.25, -0.2) is 4.79 Å². The van der Waals surface area contributed by atoms with Crippen LogP contribution in [0.1, 0.15) is 12.0 Å². The molecule has 2 N–H and O–H groups in total. The van der Waals surface area contributed by atoms with Crippen LogP contribution >= 0.6 is 11.8 Å². The van der Waals surface area contributed by atoms with E-state index in [1.807, 2.05) is 36.6 Å². The molecule has 3 amide bonds. The van der Waals surface area contributed by atoms with Gasteiger partial charge in [0.1, 0.15) is 6.04 Å². The molecule has 0 aliphatic carbocycles. The van der Waals surface area contributed by atoms with Gasteiger partial charge < -0.3 is 15.5 Å². The van der Waals surface area contributed by atoms with E-state index in [-0.39, 0.29) is 18.0 Å². The van der Waals surface area contributed by atoms with Gasteiger partial charge >= 0.3 is 6.03 Å². The van der Waals surface area contributed by atoms with E-state index in [9.17, 15) is 9.59 Å². The molecule has 21 heavy (non-hydrogen) atoms. The van der Waals surface area contributed by atoms with Crippen LogP contribution in [0, 0.1) is 0 Å². The van der Waals surface area contributed by atoms with Crippen LogP contribution in [-0.2, 0) is 11.3 Å². The van der Waals surface area contributed by atoms with Crippen molar-refractivity contribution in [2.45, 2.75) is 19.0 Å². The second-order valence-corrected chi connectivity index (χ2v) is 5.91. The predicted octanol–water partition coefficient (Wildman–Crippen LogP) is 1.45. The second-order valence-electron chi connectivity index (χ2n) is 4.93. The van der Waals surface area contributed by atoms with E-state index in [4.69, 9.17) is 0 Å². The molecule has 1 aliphatic rings. The topological polar surface area (TPSA) is 61.4 Å². The van der Waals surface area contributed by atoms with Crippen molar-refractivity contribution in [2.24, 2.45) is 0 Å². The summed E-state index contributed by atoms with van der Waals surface area (Å²) in [5, 5.41) is 5.69. The number of hydrogen-bond acceptors (Lipinski definition) is 3. The fourth-order valence-corrected chi connectivity index (χ4v) is 2.80. The normalized spacial score (nSPS) is 15.7. The average Bonchev–Trinajstić information content (AvgIpc) is 2.93. The fraction of sp³-hybridized carbons (Fsp3) is 0.467. The zero-order chi connectivity index (χ0) is 15.1. The molecule has 1 aromatic carbocycles. The van der Waals surface area contributed by atoms with Crippen molar-refractivity contribution in [2.75, 3.05) is 25.1 Å². The van der Waals surface area contributed by atoms with Gasteiger partial charge in [0.25, 0.3) is 0 Å². The van der Waals surface area contributed by atoms with Crippen molar-refractivity contribution >= 4 is 23.7 Å². The highest BCUT2D eigenvalue weighted by Crippen LogP contribution is 2.12. The Morgan fingerprint density at radius 2 is 2.19 bits per heavy atom. The molecule has 1 atom stereocenters. The number of benzene rings is 1. The van der Waals surface area contributed by atoms with E-state index < -0.39 is 0 Å². The van der Waals surface area contributed by atoms with Gasteiger partial charge in [0.05, 0.1) is 0 Å². The molecule has 114 valence electrons. The molecule has 1 fully saturated rings. The lowest BCUT2D eigenvalue weighted by atomic mass is 10.1. The molecule has 1 saturated heterocycles. The lowest BCUT2D eigenvalue weighted by molar-refractivity contribution is -0.125. The average molecular weight is 307 g/mol. The molecule has 0 bridgehead atoms. The maximum atomic E-state index is 12.4. The van der Waals surface area contributed by atoms with E-state index in [2.05, 4.69) is 10.6 Å². The lowest BCUT2D eigenvalue weighted by Crippen LogP contribution is -2.48. The Morgan fingerprint density at radius 3 is 2.81 bits per heavy atom. The van der Waals surface area contributed by atoms with Crippen molar-refractivity contribution < 1.29 is 9.59 Å². The minimum absolute atomic E-state index is 0.0787. The summed E-state index contributed by atoms with van der Waals surface area (Å²) in [5.74, 6) is 0.776. The fourth-order valence-electron chi connectivity index (χ4n) is 2.34. The summed E-state index contributed by atoms with van der Waals surface area (Å²) < 4.78 is 0. The number of urea groups is 1. The molecule has 1 aromatic rings. The van der Waals surface area contributed by atoms with Gasteiger partial charge in [0.15, 0.2) is 0 Å². The maximum absolute atomic E-state index is 12.4. The molecule has 6 heteroatoms. The van der Waals surface area contributed by atoms with E-state index in [0.29, 0.717) is 26.1 Å². The van der Waals surface area contributed by atoms with Crippen molar-refractivity contribution in [1.29, 1.82) is 0 Å². The summed E-state index contributed by atoms with van der Waals surface area (Å²) in [6.07, 6.45) is 2.68. The van der Waals surface area contributed by atoms with Crippen molar-refractivity contribution in [3.8, 4) is 0 Å². The minimum atomic E-state index is -0.385. The first-order chi connectivity index (χ1) is 10.2. The Morgan fingerprint density at radius 1 is 1.43 bits per heavy atom. The number of nitrogens with one attached hydrogen (secondary N) is 2. The first kappa shape index (κ1) is 15.7. The van der Waals surface area contributed by atoms with Gasteiger partial charge in [-0.05, 0) is 24.0 Å². The van der Waals surface area contributed by atoms with Gasteiger partial charge in [0, 0.05) is 19.6 Å². The maximum Gasteiger partial charge on any atom is 0.318 e. The molecule has 1 aliphatic heterocycles. The monoisotopic (exact) mass is 307 g/mol. The third kappa shape index (κ3) is 4.39. The molecule has 0 spiro atoms. The van der Waals surface area contributed by atoms with Gasteiger partial charge in [0.2, 0.25) is 5.91 Å². The zero-order valence-electron chi connectivity index (χ0n) is 12.2. The number of nitrogens with zero attached hydrogens (tertiary/aromatic N) is 1. The summed E-state index contributed by atoms with van der Waals surface area (Å²) in [5.41, 5.74) is 1.06. The summed E-state index contributed by atoms with van der Waals surface area (Å²) in [6.45, 7) is 1.70. The summed E-state index contributed by atoms with van der Waals surface area (Å²) in [7, 11) is 0. The highest BCUT2D eigenvalue weighted by atomic mass is 32.2. The van der Waals surface area contributed by atoms with Crippen molar-refractivity contribution in [3.63, 3.8) is 0 Å².